The fourth-order valence-electron chi connectivity index (χ4n) is 1.78. The van der Waals surface area contributed by atoms with Crippen molar-refractivity contribution in [2.75, 3.05) is 7.05 Å². The van der Waals surface area contributed by atoms with Gasteiger partial charge in [0.2, 0.25) is 0 Å². The van der Waals surface area contributed by atoms with Gasteiger partial charge in [-0.25, -0.2) is 0 Å². The largest absolute Gasteiger partial charge is 0.337 e. The Morgan fingerprint density at radius 3 is 2.78 bits per heavy atom. The second-order valence-corrected chi connectivity index (χ2v) is 5.75. The van der Waals surface area contributed by atoms with Gasteiger partial charge in [0.1, 0.15) is 0 Å². The van der Waals surface area contributed by atoms with E-state index >= 15 is 0 Å². The van der Waals surface area contributed by atoms with E-state index in [4.69, 9.17) is 0 Å². The van der Waals surface area contributed by atoms with Crippen molar-refractivity contribution in [1.29, 1.82) is 0 Å². The normalized spacial score (nSPS) is 10.4. The summed E-state index contributed by atoms with van der Waals surface area (Å²) in [4.78, 5) is 15.5. The summed E-state index contributed by atoms with van der Waals surface area (Å²) in [6, 6.07) is 10.0. The number of nitrogens with zero attached hydrogens (tertiary/aromatic N) is 1. The molecule has 0 atom stereocenters. The van der Waals surface area contributed by atoms with Crippen molar-refractivity contribution < 1.29 is 4.79 Å². The van der Waals surface area contributed by atoms with Crippen molar-refractivity contribution in [2.45, 2.75) is 18.4 Å². The molecule has 0 spiro atoms. The Balaban J connectivity index is 2.08. The molecular formula is C14H15NOS2. The summed E-state index contributed by atoms with van der Waals surface area (Å²) in [5, 5.41) is 1.87. The van der Waals surface area contributed by atoms with Gasteiger partial charge < -0.3 is 4.90 Å². The first-order chi connectivity index (χ1) is 8.56. The Bertz CT molecular complexity index is 562. The van der Waals surface area contributed by atoms with Gasteiger partial charge >= 0.3 is 0 Å². The Hall–Kier alpha value is -1.26. The molecule has 2 rings (SSSR count). The smallest absolute Gasteiger partial charge is 0.264 e. The quantitative estimate of drug-likeness (QED) is 0.850. The highest BCUT2D eigenvalue weighted by molar-refractivity contribution is 7.80. The van der Waals surface area contributed by atoms with Crippen LogP contribution in [0.5, 0.6) is 0 Å². The summed E-state index contributed by atoms with van der Waals surface area (Å²) in [5.74, 6) is 0.0433. The minimum absolute atomic E-state index is 0.0433. The molecule has 0 unspecified atom stereocenters. The van der Waals surface area contributed by atoms with E-state index in [1.807, 2.05) is 30.6 Å². The molecule has 0 aliphatic heterocycles. The fraction of sp³-hybridized carbons (Fsp3) is 0.214. The molecule has 2 aromatic rings. The molecule has 0 saturated heterocycles. The lowest BCUT2D eigenvalue weighted by Gasteiger charge is -2.16. The number of benzene rings is 1. The van der Waals surface area contributed by atoms with Crippen LogP contribution < -0.4 is 0 Å². The molecule has 0 bridgehead atoms. The third kappa shape index (κ3) is 3.15. The van der Waals surface area contributed by atoms with E-state index < -0.39 is 0 Å². The number of rotatable bonds is 3. The first kappa shape index (κ1) is 13.2. The Kier molecular flexibility index (Phi) is 4.09. The lowest BCUT2D eigenvalue weighted by molar-refractivity contribution is 0.0789. The zero-order valence-electron chi connectivity index (χ0n) is 10.4. The number of hydrogen-bond acceptors (Lipinski definition) is 3. The van der Waals surface area contributed by atoms with Crippen LogP contribution >= 0.6 is 24.0 Å². The van der Waals surface area contributed by atoms with E-state index in [9.17, 15) is 4.79 Å². The maximum atomic E-state index is 12.1. The van der Waals surface area contributed by atoms with Crippen molar-refractivity contribution in [3.05, 3.63) is 51.7 Å². The number of carbonyl (C=O) groups excluding carboxylic acids is 1. The summed E-state index contributed by atoms with van der Waals surface area (Å²) in [6.45, 7) is 2.68. The van der Waals surface area contributed by atoms with Gasteiger partial charge in [-0.15, -0.1) is 24.0 Å². The average molecular weight is 277 g/mol. The second kappa shape index (κ2) is 5.59. The molecule has 0 aliphatic rings. The lowest BCUT2D eigenvalue weighted by Crippen LogP contribution is -2.25. The molecule has 0 saturated carbocycles. The molecule has 0 aliphatic carbocycles. The third-order valence-corrected chi connectivity index (χ3v) is 4.00. The zero-order valence-corrected chi connectivity index (χ0v) is 12.1. The summed E-state index contributed by atoms with van der Waals surface area (Å²) in [5.41, 5.74) is 2.36. The van der Waals surface area contributed by atoms with Crippen LogP contribution in [0.1, 0.15) is 20.8 Å². The monoisotopic (exact) mass is 277 g/mol. The summed E-state index contributed by atoms with van der Waals surface area (Å²) in [7, 11) is 1.82. The molecule has 1 aromatic carbocycles. The van der Waals surface area contributed by atoms with Gasteiger partial charge in [-0.1, -0.05) is 29.8 Å². The molecule has 1 heterocycles. The van der Waals surface area contributed by atoms with Gasteiger partial charge in [-0.05, 0) is 18.6 Å². The Morgan fingerprint density at radius 2 is 2.17 bits per heavy atom. The second-order valence-electron chi connectivity index (χ2n) is 4.32. The van der Waals surface area contributed by atoms with Gasteiger partial charge in [0, 0.05) is 23.9 Å². The molecule has 1 amide bonds. The average Bonchev–Trinajstić information content (AvgIpc) is 2.75. The molecule has 2 nitrogen and oxygen atoms in total. The molecule has 94 valence electrons. The van der Waals surface area contributed by atoms with E-state index in [0.717, 1.165) is 15.3 Å². The number of carbonyl (C=O) groups is 1. The minimum Gasteiger partial charge on any atom is -0.337 e. The Labute approximate surface area is 117 Å². The van der Waals surface area contributed by atoms with Crippen molar-refractivity contribution in [3.8, 4) is 0 Å². The molecule has 4 heteroatoms. The van der Waals surface area contributed by atoms with Crippen LogP contribution in [-0.4, -0.2) is 17.9 Å². The maximum Gasteiger partial charge on any atom is 0.264 e. The summed E-state index contributed by atoms with van der Waals surface area (Å²) >= 11 is 5.65. The van der Waals surface area contributed by atoms with Crippen LogP contribution in [0, 0.1) is 6.92 Å². The van der Waals surface area contributed by atoms with Gasteiger partial charge in [0.25, 0.3) is 5.91 Å². The van der Waals surface area contributed by atoms with Crippen LogP contribution in [0.4, 0.5) is 0 Å². The van der Waals surface area contributed by atoms with E-state index in [0.29, 0.717) is 6.54 Å². The topological polar surface area (TPSA) is 20.3 Å². The van der Waals surface area contributed by atoms with Crippen LogP contribution in [0.3, 0.4) is 0 Å². The molecular weight excluding hydrogens is 262 g/mol. The Morgan fingerprint density at radius 1 is 1.39 bits per heavy atom. The summed E-state index contributed by atoms with van der Waals surface area (Å²) in [6.07, 6.45) is 0. The van der Waals surface area contributed by atoms with Crippen LogP contribution in [0.25, 0.3) is 0 Å². The third-order valence-electron chi connectivity index (χ3n) is 2.65. The highest BCUT2D eigenvalue weighted by Gasteiger charge is 2.13. The van der Waals surface area contributed by atoms with Crippen molar-refractivity contribution in [1.82, 2.24) is 4.90 Å². The fourth-order valence-corrected chi connectivity index (χ4v) is 2.92. The van der Waals surface area contributed by atoms with E-state index in [-0.39, 0.29) is 5.91 Å². The molecule has 0 N–H and O–H groups in total. The van der Waals surface area contributed by atoms with Gasteiger partial charge in [-0.3, -0.25) is 4.79 Å². The summed E-state index contributed by atoms with van der Waals surface area (Å²) < 4.78 is 0. The zero-order chi connectivity index (χ0) is 13.1. The predicted molar refractivity (Wildman–Crippen MR) is 78.5 cm³/mol. The van der Waals surface area contributed by atoms with Gasteiger partial charge in [0.15, 0.2) is 0 Å². The van der Waals surface area contributed by atoms with E-state index in [2.05, 4.69) is 31.7 Å². The van der Waals surface area contributed by atoms with Crippen molar-refractivity contribution >= 4 is 29.9 Å². The van der Waals surface area contributed by atoms with Crippen LogP contribution in [0.15, 0.2) is 40.6 Å². The first-order valence-corrected chi connectivity index (χ1v) is 6.97. The van der Waals surface area contributed by atoms with Crippen molar-refractivity contribution in [3.63, 3.8) is 0 Å². The highest BCUT2D eigenvalue weighted by atomic mass is 32.1. The van der Waals surface area contributed by atoms with Gasteiger partial charge in [-0.2, -0.15) is 0 Å². The number of thiophene rings is 1. The number of amides is 1. The number of hydrogen-bond donors (Lipinski definition) is 1. The molecule has 1 aromatic heterocycles. The molecule has 18 heavy (non-hydrogen) atoms. The number of aryl methyl sites for hydroxylation is 1. The number of thiol groups is 1. The lowest BCUT2D eigenvalue weighted by atomic mass is 10.1. The van der Waals surface area contributed by atoms with Gasteiger partial charge in [0.05, 0.1) is 4.88 Å². The minimum atomic E-state index is 0.0433. The highest BCUT2D eigenvalue weighted by Crippen LogP contribution is 2.19. The first-order valence-electron chi connectivity index (χ1n) is 5.65. The SMILES string of the molecule is Cc1cccc(CN(C)C(=O)c2cc(S)cs2)c1. The maximum absolute atomic E-state index is 12.1. The van der Waals surface area contributed by atoms with Crippen molar-refractivity contribution in [2.24, 2.45) is 0 Å². The van der Waals surface area contributed by atoms with E-state index in [1.54, 1.807) is 4.90 Å². The molecule has 0 fully saturated rings. The van der Waals surface area contributed by atoms with E-state index in [1.165, 1.54) is 16.9 Å². The van der Waals surface area contributed by atoms with Crippen LogP contribution in [-0.2, 0) is 6.54 Å². The predicted octanol–water partition coefficient (Wildman–Crippen LogP) is 3.62. The molecule has 0 radical (unpaired) electrons. The standard InChI is InChI=1S/C14H15NOS2/c1-10-4-3-5-11(6-10)8-15(2)14(16)13-7-12(17)9-18-13/h3-7,9,17H,8H2,1-2H3. The van der Waals surface area contributed by atoms with Crippen LogP contribution in [0.2, 0.25) is 0 Å².